The van der Waals surface area contributed by atoms with E-state index in [4.69, 9.17) is 0 Å². The van der Waals surface area contributed by atoms with Gasteiger partial charge in [0.1, 0.15) is 0 Å². The van der Waals surface area contributed by atoms with Crippen molar-refractivity contribution in [2.75, 3.05) is 0 Å². The monoisotopic (exact) mass is 339 g/mol. The summed E-state index contributed by atoms with van der Waals surface area (Å²) in [4.78, 5) is 0. The van der Waals surface area contributed by atoms with Gasteiger partial charge in [0.05, 0.1) is 0 Å². The predicted molar refractivity (Wildman–Crippen MR) is 58.4 cm³/mol. The van der Waals surface area contributed by atoms with Gasteiger partial charge in [-0.15, -0.1) is 0 Å². The summed E-state index contributed by atoms with van der Waals surface area (Å²) >= 11 is 4.58. The standard InChI is InChI=1S/C10H15.Co.F6P/c1-7-6-10(4,5)9(3)8(7)2;;1-7(2,3,4,5)6/h1-5H3;;/q;;-1. The summed E-state index contributed by atoms with van der Waals surface area (Å²) < 4.78 is 60.4. The molecule has 0 atom stereocenters. The zero-order valence-corrected chi connectivity index (χ0v) is 12.5. The van der Waals surface area contributed by atoms with Gasteiger partial charge in [0, 0.05) is 0 Å². The molecule has 0 spiro atoms. The van der Waals surface area contributed by atoms with Gasteiger partial charge >= 0.3 is 110 Å². The molecule has 0 aromatic rings. The first-order valence-corrected chi connectivity index (χ1v) is 7.48. The van der Waals surface area contributed by atoms with E-state index in [9.17, 15) is 25.2 Å². The molecule has 0 radical (unpaired) electrons. The molecule has 1 aliphatic rings. The summed E-state index contributed by atoms with van der Waals surface area (Å²) in [5.41, 5.74) is 4.40. The Kier molecular flexibility index (Phi) is 3.99. The molecular formula is C10H15CoF6P-. The summed E-state index contributed by atoms with van der Waals surface area (Å²) in [5, 5.41) is 0. The van der Waals surface area contributed by atoms with Crippen LogP contribution in [0.4, 0.5) is 25.2 Å². The average molecular weight is 339 g/mol. The SMILES string of the molecule is CC1=C(C)C(C)(C)[C]([Co])=C1C.F[P-](F)(F)(F)(F)F. The van der Waals surface area contributed by atoms with Crippen LogP contribution in [0.5, 0.6) is 0 Å². The van der Waals surface area contributed by atoms with E-state index in [1.165, 1.54) is 21.2 Å². The molecule has 0 amide bonds. The first kappa shape index (κ1) is 18.0. The average Bonchev–Trinajstić information content (AvgIpc) is 2.16. The van der Waals surface area contributed by atoms with E-state index in [1.54, 1.807) is 0 Å². The first-order chi connectivity index (χ1) is 7.34. The molecule has 0 aromatic heterocycles. The van der Waals surface area contributed by atoms with Crippen molar-refractivity contribution in [3.8, 4) is 0 Å². The predicted octanol–water partition coefficient (Wildman–Crippen LogP) is 6.57. The summed E-state index contributed by atoms with van der Waals surface area (Å²) in [6, 6.07) is 0. The van der Waals surface area contributed by atoms with Crippen molar-refractivity contribution in [3.63, 3.8) is 0 Å². The molecule has 0 fully saturated rings. The summed E-state index contributed by atoms with van der Waals surface area (Å²) in [6.45, 7) is 11.0. The molecule has 0 heterocycles. The van der Waals surface area contributed by atoms with E-state index in [-0.39, 0.29) is 5.41 Å². The number of rotatable bonds is 0. The Labute approximate surface area is 110 Å². The van der Waals surface area contributed by atoms with Crippen molar-refractivity contribution >= 4 is 7.81 Å². The Morgan fingerprint density at radius 1 is 0.833 bits per heavy atom. The Morgan fingerprint density at radius 2 is 1.11 bits per heavy atom. The van der Waals surface area contributed by atoms with E-state index in [2.05, 4.69) is 50.4 Å². The minimum atomic E-state index is -10.7. The molecule has 0 N–H and O–H groups in total. The van der Waals surface area contributed by atoms with Gasteiger partial charge in [0.2, 0.25) is 0 Å². The number of halogens is 6. The molecule has 18 heavy (non-hydrogen) atoms. The van der Waals surface area contributed by atoms with E-state index in [1.807, 2.05) is 0 Å². The van der Waals surface area contributed by atoms with Crippen LogP contribution in [0.3, 0.4) is 0 Å². The third kappa shape index (κ3) is 6.25. The zero-order valence-electron chi connectivity index (χ0n) is 10.5. The fourth-order valence-corrected chi connectivity index (χ4v) is 1.92. The van der Waals surface area contributed by atoms with E-state index in [0.717, 1.165) is 0 Å². The van der Waals surface area contributed by atoms with Crippen molar-refractivity contribution in [3.05, 3.63) is 21.2 Å². The van der Waals surface area contributed by atoms with Gasteiger partial charge < -0.3 is 0 Å². The molecule has 0 unspecified atom stereocenters. The van der Waals surface area contributed by atoms with Gasteiger partial charge in [-0.1, -0.05) is 0 Å². The van der Waals surface area contributed by atoms with Crippen LogP contribution < -0.4 is 0 Å². The fourth-order valence-electron chi connectivity index (χ4n) is 1.53. The molecular weight excluding hydrogens is 324 g/mol. The molecule has 0 saturated carbocycles. The molecule has 0 nitrogen and oxygen atoms in total. The quantitative estimate of drug-likeness (QED) is 0.346. The van der Waals surface area contributed by atoms with Crippen molar-refractivity contribution in [1.82, 2.24) is 0 Å². The molecule has 0 bridgehead atoms. The van der Waals surface area contributed by atoms with Crippen LogP contribution in [0.1, 0.15) is 34.6 Å². The zero-order chi connectivity index (χ0) is 15.2. The first-order valence-electron chi connectivity index (χ1n) is 4.93. The van der Waals surface area contributed by atoms with E-state index < -0.39 is 7.81 Å². The van der Waals surface area contributed by atoms with Gasteiger partial charge in [-0.05, 0) is 0 Å². The van der Waals surface area contributed by atoms with Gasteiger partial charge in [-0.2, -0.15) is 0 Å². The normalized spacial score (nSPS) is 23.4. The van der Waals surface area contributed by atoms with Crippen LogP contribution in [0.2, 0.25) is 0 Å². The number of hydrogen-bond donors (Lipinski definition) is 0. The van der Waals surface area contributed by atoms with Crippen LogP contribution in [0.15, 0.2) is 21.2 Å². The third-order valence-electron chi connectivity index (χ3n) is 2.90. The molecule has 0 saturated heterocycles. The van der Waals surface area contributed by atoms with Gasteiger partial charge in [0.15, 0.2) is 0 Å². The number of allylic oxidation sites excluding steroid dienone is 4. The van der Waals surface area contributed by atoms with Crippen molar-refractivity contribution in [1.29, 1.82) is 0 Å². The molecule has 1 rings (SSSR count). The topological polar surface area (TPSA) is 0 Å². The van der Waals surface area contributed by atoms with Gasteiger partial charge in [-0.25, -0.2) is 0 Å². The Bertz CT molecular complexity index is 388. The van der Waals surface area contributed by atoms with E-state index in [0.29, 0.717) is 0 Å². The van der Waals surface area contributed by atoms with Crippen LogP contribution in [-0.4, -0.2) is 0 Å². The third-order valence-corrected chi connectivity index (χ3v) is 3.94. The summed E-state index contributed by atoms with van der Waals surface area (Å²) in [6.07, 6.45) is 0. The van der Waals surface area contributed by atoms with E-state index >= 15 is 0 Å². The van der Waals surface area contributed by atoms with Crippen LogP contribution >= 0.6 is 7.81 Å². The van der Waals surface area contributed by atoms with Crippen molar-refractivity contribution in [2.24, 2.45) is 5.41 Å². The molecule has 112 valence electrons. The van der Waals surface area contributed by atoms with Crippen LogP contribution in [0.25, 0.3) is 0 Å². The summed E-state index contributed by atoms with van der Waals surface area (Å²) in [5.74, 6) is 0. The fraction of sp³-hybridized carbons (Fsp3) is 0.600. The maximum absolute atomic E-state index is 10.7. The minimum absolute atomic E-state index is 0.175. The molecule has 0 aliphatic heterocycles. The second-order valence-electron chi connectivity index (χ2n) is 4.75. The van der Waals surface area contributed by atoms with Crippen LogP contribution in [-0.2, 0) is 15.7 Å². The number of hydrogen-bond acceptors (Lipinski definition) is 0. The molecule has 8 heteroatoms. The second-order valence-corrected chi connectivity index (χ2v) is 7.19. The molecule has 0 aromatic carbocycles. The van der Waals surface area contributed by atoms with Crippen molar-refractivity contribution < 1.29 is 40.9 Å². The summed E-state index contributed by atoms with van der Waals surface area (Å²) in [7, 11) is -10.7. The van der Waals surface area contributed by atoms with Crippen LogP contribution in [0, 0.1) is 5.41 Å². The van der Waals surface area contributed by atoms with Gasteiger partial charge in [-0.3, -0.25) is 0 Å². The Hall–Kier alpha value is -0.00351. The van der Waals surface area contributed by atoms with Gasteiger partial charge in [0.25, 0.3) is 0 Å². The Morgan fingerprint density at radius 3 is 1.17 bits per heavy atom. The maximum atomic E-state index is 9.87. The Balaban J connectivity index is 0.000000360. The van der Waals surface area contributed by atoms with Crippen molar-refractivity contribution in [2.45, 2.75) is 34.6 Å². The molecule has 1 aliphatic carbocycles. The second kappa shape index (κ2) is 3.99.